The highest BCUT2D eigenvalue weighted by Crippen LogP contribution is 2.43. The molecule has 3 N–H and O–H groups in total. The van der Waals surface area contributed by atoms with E-state index >= 15 is 4.39 Å². The van der Waals surface area contributed by atoms with Gasteiger partial charge in [0.25, 0.3) is 0 Å². The molecular weight excluding hydrogens is 504 g/mol. The van der Waals surface area contributed by atoms with Gasteiger partial charge in [-0.2, -0.15) is 5.26 Å². The van der Waals surface area contributed by atoms with Gasteiger partial charge in [-0.25, -0.2) is 13.8 Å². The lowest BCUT2D eigenvalue weighted by Gasteiger charge is -2.47. The first-order valence-electron chi connectivity index (χ1n) is 12.4. The number of hydrogen-bond acceptors (Lipinski definition) is 4. The van der Waals surface area contributed by atoms with Crippen LogP contribution in [-0.4, -0.2) is 33.6 Å². The molecule has 0 spiro atoms. The molecule has 4 aromatic rings. The minimum Gasteiger partial charge on any atom is -0.384 e. The van der Waals surface area contributed by atoms with Crippen molar-refractivity contribution in [3.8, 4) is 28.6 Å². The topological polar surface area (TPSA) is 81.7 Å². The number of aromatic amines is 1. The van der Waals surface area contributed by atoms with Crippen LogP contribution >= 0.6 is 11.6 Å². The van der Waals surface area contributed by atoms with Crippen molar-refractivity contribution in [1.82, 2.24) is 14.9 Å². The Morgan fingerprint density at radius 1 is 1.16 bits per heavy atom. The number of imidazole rings is 1. The summed E-state index contributed by atoms with van der Waals surface area (Å²) in [6.45, 7) is 5.02. The Kier molecular flexibility index (Phi) is 6.95. The standard InChI is InChI=1S/C30H28ClF2N5/c1-30(2,33)28(22-8-18(13-34)9-25(32)11-22)23-16-38(17-23)15-21-6-7-24(31)12-26(21)19-4-3-5-20(10-19)29-36-14-27(35)37-29/h3-12,14,23,28H,15-17,35H2,1-2H3,(H,36,37)/t28-/m1/s1. The normalized spacial score (nSPS) is 15.2. The van der Waals surface area contributed by atoms with Gasteiger partial charge in [0.05, 0.1) is 17.8 Å². The molecular formula is C30H28ClF2N5. The number of benzene rings is 3. The van der Waals surface area contributed by atoms with E-state index < -0.39 is 17.4 Å². The van der Waals surface area contributed by atoms with Gasteiger partial charge in [0.15, 0.2) is 0 Å². The zero-order chi connectivity index (χ0) is 27.0. The van der Waals surface area contributed by atoms with E-state index in [1.807, 2.05) is 48.5 Å². The minimum atomic E-state index is -1.57. The molecule has 0 bridgehead atoms. The fraction of sp³-hybridized carbons (Fsp3) is 0.267. The van der Waals surface area contributed by atoms with Crippen molar-refractivity contribution in [1.29, 1.82) is 5.26 Å². The van der Waals surface area contributed by atoms with Crippen LogP contribution in [0.25, 0.3) is 22.5 Å². The summed E-state index contributed by atoms with van der Waals surface area (Å²) < 4.78 is 29.6. The fourth-order valence-electron chi connectivity index (χ4n) is 5.55. The number of nitrogen functional groups attached to an aromatic ring is 1. The third-order valence-electron chi connectivity index (χ3n) is 7.11. The largest absolute Gasteiger partial charge is 0.384 e. The highest BCUT2D eigenvalue weighted by molar-refractivity contribution is 6.30. The van der Waals surface area contributed by atoms with Crippen LogP contribution in [0.4, 0.5) is 14.6 Å². The van der Waals surface area contributed by atoms with E-state index in [2.05, 4.69) is 14.9 Å². The molecule has 1 fully saturated rings. The first-order valence-corrected chi connectivity index (χ1v) is 12.8. The first-order chi connectivity index (χ1) is 18.1. The van der Waals surface area contributed by atoms with Gasteiger partial charge in [0.1, 0.15) is 23.1 Å². The highest BCUT2D eigenvalue weighted by atomic mass is 35.5. The number of nitrogens with two attached hydrogens (primary N) is 1. The van der Waals surface area contributed by atoms with Gasteiger partial charge >= 0.3 is 0 Å². The third kappa shape index (κ3) is 5.42. The molecule has 0 unspecified atom stereocenters. The number of nitrogens with zero attached hydrogens (tertiary/aromatic N) is 3. The van der Waals surface area contributed by atoms with Crippen LogP contribution in [0.3, 0.4) is 0 Å². The maximum Gasteiger partial charge on any atom is 0.138 e. The lowest BCUT2D eigenvalue weighted by atomic mass is 9.72. The van der Waals surface area contributed by atoms with Gasteiger partial charge in [-0.3, -0.25) is 4.90 Å². The second-order valence-corrected chi connectivity index (χ2v) is 10.9. The van der Waals surface area contributed by atoms with Crippen LogP contribution in [0.2, 0.25) is 5.02 Å². The smallest absolute Gasteiger partial charge is 0.138 e. The number of nitriles is 1. The number of rotatable bonds is 7. The maximum atomic E-state index is 15.4. The highest BCUT2D eigenvalue weighted by Gasteiger charge is 2.43. The Morgan fingerprint density at radius 3 is 2.61 bits per heavy atom. The van der Waals surface area contributed by atoms with E-state index in [0.29, 0.717) is 41.9 Å². The van der Waals surface area contributed by atoms with E-state index in [1.165, 1.54) is 26.0 Å². The number of alkyl halides is 1. The molecule has 8 heteroatoms. The van der Waals surface area contributed by atoms with Crippen molar-refractivity contribution < 1.29 is 8.78 Å². The third-order valence-corrected chi connectivity index (χ3v) is 7.35. The molecule has 1 saturated heterocycles. The lowest BCUT2D eigenvalue weighted by Crippen LogP contribution is -2.52. The Bertz CT molecular complexity index is 1510. The molecule has 0 aliphatic carbocycles. The Labute approximate surface area is 225 Å². The summed E-state index contributed by atoms with van der Waals surface area (Å²) in [6.07, 6.45) is 1.59. The summed E-state index contributed by atoms with van der Waals surface area (Å²) in [5, 5.41) is 9.91. The van der Waals surface area contributed by atoms with Crippen LogP contribution in [0, 0.1) is 23.1 Å². The van der Waals surface area contributed by atoms with Crippen LogP contribution < -0.4 is 5.73 Å². The molecule has 1 atom stereocenters. The van der Waals surface area contributed by atoms with Crippen molar-refractivity contribution in [2.45, 2.75) is 32.0 Å². The molecule has 1 aliphatic rings. The number of halogens is 3. The van der Waals surface area contributed by atoms with Gasteiger partial charge < -0.3 is 10.7 Å². The Balaban J connectivity index is 1.37. The van der Waals surface area contributed by atoms with Crippen molar-refractivity contribution in [3.63, 3.8) is 0 Å². The van der Waals surface area contributed by atoms with Crippen LogP contribution in [0.1, 0.15) is 36.5 Å². The maximum absolute atomic E-state index is 15.4. The zero-order valence-electron chi connectivity index (χ0n) is 21.2. The average Bonchev–Trinajstić information content (AvgIpc) is 3.28. The minimum absolute atomic E-state index is 0.00756. The van der Waals surface area contributed by atoms with Gasteiger partial charge in [0, 0.05) is 36.1 Å². The zero-order valence-corrected chi connectivity index (χ0v) is 21.9. The molecule has 0 saturated carbocycles. The van der Waals surface area contributed by atoms with Gasteiger partial charge in [-0.05, 0) is 78.4 Å². The number of H-pyrrole nitrogens is 1. The summed E-state index contributed by atoms with van der Waals surface area (Å²) in [4.78, 5) is 9.64. The molecule has 3 aromatic carbocycles. The average molecular weight is 532 g/mol. The molecule has 5 rings (SSSR count). The molecule has 0 amide bonds. The second kappa shape index (κ2) is 10.2. The first kappa shape index (κ1) is 25.9. The van der Waals surface area contributed by atoms with Crippen LogP contribution in [0.5, 0.6) is 0 Å². The molecule has 38 heavy (non-hydrogen) atoms. The lowest BCUT2D eigenvalue weighted by molar-refractivity contribution is 0.0213. The Morgan fingerprint density at radius 2 is 1.92 bits per heavy atom. The van der Waals surface area contributed by atoms with E-state index in [9.17, 15) is 9.65 Å². The van der Waals surface area contributed by atoms with E-state index in [0.717, 1.165) is 22.3 Å². The number of anilines is 1. The van der Waals surface area contributed by atoms with Crippen molar-refractivity contribution in [2.75, 3.05) is 18.8 Å². The summed E-state index contributed by atoms with van der Waals surface area (Å²) in [5.74, 6) is 0.138. The predicted molar refractivity (Wildman–Crippen MR) is 147 cm³/mol. The van der Waals surface area contributed by atoms with Crippen molar-refractivity contribution in [2.24, 2.45) is 5.92 Å². The predicted octanol–water partition coefficient (Wildman–Crippen LogP) is 6.95. The van der Waals surface area contributed by atoms with Gasteiger partial charge in [-0.15, -0.1) is 0 Å². The van der Waals surface area contributed by atoms with Crippen LogP contribution in [0.15, 0.2) is 66.9 Å². The number of nitrogens with one attached hydrogen (secondary N) is 1. The Hall–Kier alpha value is -3.73. The summed E-state index contributed by atoms with van der Waals surface area (Å²) in [6, 6.07) is 20.0. The molecule has 2 heterocycles. The number of hydrogen-bond donors (Lipinski definition) is 2. The fourth-order valence-corrected chi connectivity index (χ4v) is 5.72. The summed E-state index contributed by atoms with van der Waals surface area (Å²) >= 11 is 6.39. The molecule has 1 aromatic heterocycles. The van der Waals surface area contributed by atoms with E-state index in [4.69, 9.17) is 17.3 Å². The SMILES string of the molecule is CC(C)(F)[C@H](c1cc(F)cc(C#N)c1)C1CN(Cc2ccc(Cl)cc2-c2cccc(-c3ncc(N)[nH]3)c2)C1. The molecule has 5 nitrogen and oxygen atoms in total. The van der Waals surface area contributed by atoms with Gasteiger partial charge in [-0.1, -0.05) is 35.9 Å². The number of likely N-dealkylation sites (tertiary alicyclic amines) is 1. The van der Waals surface area contributed by atoms with E-state index in [-0.39, 0.29) is 11.5 Å². The molecule has 194 valence electrons. The summed E-state index contributed by atoms with van der Waals surface area (Å²) in [5.41, 5.74) is 8.98. The summed E-state index contributed by atoms with van der Waals surface area (Å²) in [7, 11) is 0. The molecule has 0 radical (unpaired) electrons. The number of aromatic nitrogens is 2. The molecule has 1 aliphatic heterocycles. The van der Waals surface area contributed by atoms with E-state index in [1.54, 1.807) is 12.3 Å². The van der Waals surface area contributed by atoms with Gasteiger partial charge in [0.2, 0.25) is 0 Å². The monoisotopic (exact) mass is 531 g/mol. The second-order valence-electron chi connectivity index (χ2n) is 10.5. The van der Waals surface area contributed by atoms with Crippen LogP contribution in [-0.2, 0) is 6.54 Å². The van der Waals surface area contributed by atoms with Crippen molar-refractivity contribution >= 4 is 17.4 Å². The quantitative estimate of drug-likeness (QED) is 0.270. The van der Waals surface area contributed by atoms with Crippen molar-refractivity contribution in [3.05, 3.63) is 94.4 Å².